The van der Waals surface area contributed by atoms with Gasteiger partial charge in [0.1, 0.15) is 11.4 Å². The standard InChI is InChI=1S/C24H26FN5O2/c1-15-13-16(2)30-21(27-15)20(14-26-30)22(31)28-18-7-9-24(10-8-18)11-12-29(23(24)32)19-5-3-17(25)4-6-19/h3-6,13-14,18H,7-12H2,1-2H3,(H,28,31)/t18-,24+. The molecule has 1 spiro atoms. The Balaban J connectivity index is 1.25. The third-order valence-corrected chi connectivity index (χ3v) is 6.95. The van der Waals surface area contributed by atoms with Crippen LogP contribution in [0.2, 0.25) is 0 Å². The predicted molar refractivity (Wildman–Crippen MR) is 118 cm³/mol. The number of fused-ring (bicyclic) bond motifs is 1. The maximum atomic E-state index is 13.2. The van der Waals surface area contributed by atoms with E-state index in [1.165, 1.54) is 12.1 Å². The first-order chi connectivity index (χ1) is 15.4. The lowest BCUT2D eigenvalue weighted by Gasteiger charge is -2.36. The first-order valence-electron chi connectivity index (χ1n) is 11.1. The largest absolute Gasteiger partial charge is 0.349 e. The average molecular weight is 436 g/mol. The van der Waals surface area contributed by atoms with Gasteiger partial charge in [-0.3, -0.25) is 9.59 Å². The summed E-state index contributed by atoms with van der Waals surface area (Å²) in [5, 5.41) is 7.43. The number of nitrogens with zero attached hydrogens (tertiary/aromatic N) is 4. The second kappa shape index (κ2) is 7.69. The molecular formula is C24H26FN5O2. The summed E-state index contributed by atoms with van der Waals surface area (Å²) in [5.41, 5.74) is 3.17. The molecule has 166 valence electrons. The van der Waals surface area contributed by atoms with Gasteiger partial charge in [0, 0.05) is 29.7 Å². The van der Waals surface area contributed by atoms with Gasteiger partial charge in [-0.05, 0) is 76.3 Å². The Morgan fingerprint density at radius 3 is 2.59 bits per heavy atom. The first kappa shape index (κ1) is 20.6. The molecule has 2 aliphatic rings. The van der Waals surface area contributed by atoms with Crippen LogP contribution in [0.15, 0.2) is 36.5 Å². The highest BCUT2D eigenvalue weighted by atomic mass is 19.1. The molecule has 3 heterocycles. The second-order valence-corrected chi connectivity index (χ2v) is 9.04. The molecule has 5 rings (SSSR count). The van der Waals surface area contributed by atoms with Gasteiger partial charge >= 0.3 is 0 Å². The molecule has 2 fully saturated rings. The van der Waals surface area contributed by atoms with Crippen LogP contribution in [0.5, 0.6) is 0 Å². The number of hydrogen-bond acceptors (Lipinski definition) is 4. The summed E-state index contributed by atoms with van der Waals surface area (Å²) in [7, 11) is 0. The fourth-order valence-corrected chi connectivity index (χ4v) is 5.16. The zero-order valence-corrected chi connectivity index (χ0v) is 18.3. The molecule has 0 atom stereocenters. The van der Waals surface area contributed by atoms with Crippen LogP contribution < -0.4 is 10.2 Å². The summed E-state index contributed by atoms with van der Waals surface area (Å²) in [6.07, 6.45) is 5.33. The Morgan fingerprint density at radius 1 is 1.16 bits per heavy atom. The molecule has 0 unspecified atom stereocenters. The van der Waals surface area contributed by atoms with Crippen LogP contribution in [0.3, 0.4) is 0 Å². The van der Waals surface area contributed by atoms with Crippen LogP contribution in [0.4, 0.5) is 10.1 Å². The number of anilines is 1. The zero-order valence-electron chi connectivity index (χ0n) is 18.3. The monoisotopic (exact) mass is 435 g/mol. The number of aryl methyl sites for hydroxylation is 2. The molecule has 1 N–H and O–H groups in total. The fraction of sp³-hybridized carbons (Fsp3) is 0.417. The Kier molecular flexibility index (Phi) is 4.95. The molecule has 1 aliphatic carbocycles. The number of carbonyl (C=O) groups is 2. The number of aromatic nitrogens is 3. The summed E-state index contributed by atoms with van der Waals surface area (Å²) < 4.78 is 14.9. The lowest BCUT2D eigenvalue weighted by molar-refractivity contribution is -0.127. The van der Waals surface area contributed by atoms with Crippen molar-refractivity contribution >= 4 is 23.1 Å². The number of amides is 2. The number of rotatable bonds is 3. The van der Waals surface area contributed by atoms with Crippen molar-refractivity contribution in [1.82, 2.24) is 19.9 Å². The van der Waals surface area contributed by atoms with Crippen molar-refractivity contribution in [2.75, 3.05) is 11.4 Å². The molecular weight excluding hydrogens is 409 g/mol. The molecule has 8 heteroatoms. The molecule has 0 bridgehead atoms. The Morgan fingerprint density at radius 2 is 1.88 bits per heavy atom. The van der Waals surface area contributed by atoms with Crippen LogP contribution in [-0.2, 0) is 4.79 Å². The van der Waals surface area contributed by atoms with Gasteiger partial charge in [0.05, 0.1) is 11.6 Å². The van der Waals surface area contributed by atoms with Crippen molar-refractivity contribution in [3.63, 3.8) is 0 Å². The summed E-state index contributed by atoms with van der Waals surface area (Å²) >= 11 is 0. The van der Waals surface area contributed by atoms with Crippen LogP contribution in [0.1, 0.15) is 53.8 Å². The van der Waals surface area contributed by atoms with Crippen LogP contribution in [-0.4, -0.2) is 39.0 Å². The average Bonchev–Trinajstić information content (AvgIpc) is 3.33. The van der Waals surface area contributed by atoms with E-state index in [4.69, 9.17) is 0 Å². The van der Waals surface area contributed by atoms with Crippen LogP contribution >= 0.6 is 0 Å². The smallest absolute Gasteiger partial charge is 0.256 e. The maximum Gasteiger partial charge on any atom is 0.256 e. The normalized spacial score (nSPS) is 23.3. The maximum absolute atomic E-state index is 13.2. The van der Waals surface area contributed by atoms with E-state index in [1.807, 2.05) is 19.9 Å². The third-order valence-electron chi connectivity index (χ3n) is 6.95. The van der Waals surface area contributed by atoms with Crippen molar-refractivity contribution in [2.24, 2.45) is 5.41 Å². The lowest BCUT2D eigenvalue weighted by Crippen LogP contribution is -2.43. The van der Waals surface area contributed by atoms with Gasteiger partial charge in [-0.15, -0.1) is 0 Å². The topological polar surface area (TPSA) is 79.6 Å². The van der Waals surface area contributed by atoms with Gasteiger partial charge in [-0.1, -0.05) is 0 Å². The van der Waals surface area contributed by atoms with E-state index in [2.05, 4.69) is 15.4 Å². The SMILES string of the molecule is Cc1cc(C)n2ncc(C(=O)N[C@H]3CC[C@]4(CCN(c5ccc(F)cc5)C4=O)CC3)c2n1. The van der Waals surface area contributed by atoms with Crippen molar-refractivity contribution < 1.29 is 14.0 Å². The van der Waals surface area contributed by atoms with Gasteiger partial charge in [-0.25, -0.2) is 13.9 Å². The van der Waals surface area contributed by atoms with Crippen molar-refractivity contribution in [2.45, 2.75) is 52.0 Å². The molecule has 1 saturated carbocycles. The van der Waals surface area contributed by atoms with E-state index in [0.29, 0.717) is 17.8 Å². The van der Waals surface area contributed by atoms with E-state index >= 15 is 0 Å². The number of benzene rings is 1. The van der Waals surface area contributed by atoms with Gasteiger partial charge in [0.15, 0.2) is 5.65 Å². The highest BCUT2D eigenvalue weighted by molar-refractivity contribution is 6.01. The number of halogens is 1. The highest BCUT2D eigenvalue weighted by Gasteiger charge is 2.48. The van der Waals surface area contributed by atoms with Gasteiger partial charge in [0.25, 0.3) is 5.91 Å². The quantitative estimate of drug-likeness (QED) is 0.682. The molecule has 0 radical (unpaired) electrons. The van der Waals surface area contributed by atoms with Crippen LogP contribution in [0, 0.1) is 25.1 Å². The summed E-state index contributed by atoms with van der Waals surface area (Å²) in [5.74, 6) is -0.367. The molecule has 7 nitrogen and oxygen atoms in total. The minimum atomic E-state index is -0.379. The van der Waals surface area contributed by atoms with Crippen molar-refractivity contribution in [1.29, 1.82) is 0 Å². The lowest BCUT2D eigenvalue weighted by atomic mass is 9.71. The Bertz CT molecular complexity index is 1200. The second-order valence-electron chi connectivity index (χ2n) is 9.04. The zero-order chi connectivity index (χ0) is 22.5. The third kappa shape index (κ3) is 3.43. The van der Waals surface area contributed by atoms with Gasteiger partial charge < -0.3 is 10.2 Å². The molecule has 2 aromatic heterocycles. The minimum Gasteiger partial charge on any atom is -0.349 e. The van der Waals surface area contributed by atoms with E-state index in [9.17, 15) is 14.0 Å². The molecule has 1 saturated heterocycles. The summed E-state index contributed by atoms with van der Waals surface area (Å²) in [4.78, 5) is 32.4. The van der Waals surface area contributed by atoms with E-state index in [-0.39, 0.29) is 29.1 Å². The molecule has 3 aromatic rings. The predicted octanol–water partition coefficient (Wildman–Crippen LogP) is 3.58. The molecule has 1 aliphatic heterocycles. The van der Waals surface area contributed by atoms with E-state index in [0.717, 1.165) is 49.2 Å². The van der Waals surface area contributed by atoms with E-state index in [1.54, 1.807) is 27.7 Å². The Hall–Kier alpha value is -3.29. The number of hydrogen-bond donors (Lipinski definition) is 1. The molecule has 32 heavy (non-hydrogen) atoms. The minimum absolute atomic E-state index is 0.0154. The van der Waals surface area contributed by atoms with Crippen LogP contribution in [0.25, 0.3) is 5.65 Å². The van der Waals surface area contributed by atoms with E-state index < -0.39 is 0 Å². The molecule has 1 aromatic carbocycles. The fourth-order valence-electron chi connectivity index (χ4n) is 5.16. The highest BCUT2D eigenvalue weighted by Crippen LogP contribution is 2.46. The van der Waals surface area contributed by atoms with Crippen molar-refractivity contribution in [3.05, 3.63) is 59.3 Å². The summed E-state index contributed by atoms with van der Waals surface area (Å²) in [6, 6.07) is 8.03. The van der Waals surface area contributed by atoms with Crippen molar-refractivity contribution in [3.8, 4) is 0 Å². The van der Waals surface area contributed by atoms with Gasteiger partial charge in [0.2, 0.25) is 5.91 Å². The number of nitrogens with one attached hydrogen (secondary N) is 1. The number of carbonyl (C=O) groups excluding carboxylic acids is 2. The first-order valence-corrected chi connectivity index (χ1v) is 11.1. The van der Waals surface area contributed by atoms with Gasteiger partial charge in [-0.2, -0.15) is 5.10 Å². The molecule has 2 amide bonds. The summed E-state index contributed by atoms with van der Waals surface area (Å²) in [6.45, 7) is 4.48. The Labute approximate surface area is 185 Å².